The van der Waals surface area contributed by atoms with Gasteiger partial charge in [-0.3, -0.25) is 10.2 Å². The highest BCUT2D eigenvalue weighted by Crippen LogP contribution is 2.38. The number of hydrogen-bond acceptors (Lipinski definition) is 10. The summed E-state index contributed by atoms with van der Waals surface area (Å²) in [6, 6.07) is 3.63. The fourth-order valence-corrected chi connectivity index (χ4v) is 5.34. The van der Waals surface area contributed by atoms with Crippen molar-refractivity contribution in [2.45, 2.75) is 77.2 Å². The first kappa shape index (κ1) is 30.8. The van der Waals surface area contributed by atoms with E-state index in [2.05, 4.69) is 49.1 Å². The minimum atomic E-state index is -2.03. The fourth-order valence-electron chi connectivity index (χ4n) is 4.39. The summed E-state index contributed by atoms with van der Waals surface area (Å²) in [5.41, 5.74) is 2.55. The number of ether oxygens (including phenoxy) is 4. The molecule has 2 aliphatic rings. The third-order valence-corrected chi connectivity index (χ3v) is 12.3. The summed E-state index contributed by atoms with van der Waals surface area (Å²) in [6.45, 7) is 12.8. The van der Waals surface area contributed by atoms with Gasteiger partial charge in [-0.1, -0.05) is 20.8 Å². The van der Waals surface area contributed by atoms with Crippen molar-refractivity contribution in [3.05, 3.63) is 34.6 Å². The zero-order chi connectivity index (χ0) is 29.8. The van der Waals surface area contributed by atoms with Gasteiger partial charge in [-0.15, -0.1) is 0 Å². The molecule has 2 amide bonds. The quantitative estimate of drug-likeness (QED) is 0.325. The van der Waals surface area contributed by atoms with E-state index < -0.39 is 20.6 Å². The Bertz CT molecular complexity index is 1280. The van der Waals surface area contributed by atoms with Crippen molar-refractivity contribution < 1.29 is 28.2 Å². The number of amides is 2. The summed E-state index contributed by atoms with van der Waals surface area (Å²) >= 11 is 0. The molecule has 4 rings (SSSR count). The van der Waals surface area contributed by atoms with Gasteiger partial charge in [0.2, 0.25) is 18.1 Å². The molecule has 2 aromatic rings. The SMILES string of the molecule is COC(OC)c1nc2c(cc1CO[Si](C)(C)C(C)(C)C)CCCN2C(=O)Nc1ncc(C#N)c(O[C@H]2CCOC2)n1. The molecule has 1 N–H and O–H groups in total. The minimum absolute atomic E-state index is 0.0290. The lowest BCUT2D eigenvalue weighted by Crippen LogP contribution is -2.41. The second-order valence-corrected chi connectivity index (χ2v) is 16.5. The molecule has 0 saturated carbocycles. The lowest BCUT2D eigenvalue weighted by molar-refractivity contribution is -0.109. The van der Waals surface area contributed by atoms with E-state index in [1.54, 1.807) is 19.1 Å². The highest BCUT2D eigenvalue weighted by molar-refractivity contribution is 6.74. The number of aromatic nitrogens is 3. The van der Waals surface area contributed by atoms with Crippen LogP contribution >= 0.6 is 0 Å². The Balaban J connectivity index is 1.60. The summed E-state index contributed by atoms with van der Waals surface area (Å²) in [4.78, 5) is 28.4. The van der Waals surface area contributed by atoms with Crippen molar-refractivity contribution in [1.29, 1.82) is 5.26 Å². The van der Waals surface area contributed by atoms with E-state index in [9.17, 15) is 10.1 Å². The number of aryl methyl sites for hydroxylation is 1. The van der Waals surface area contributed by atoms with Crippen LogP contribution in [0.1, 0.15) is 62.3 Å². The number of fused-ring (bicyclic) bond motifs is 1. The van der Waals surface area contributed by atoms with Gasteiger partial charge in [-0.2, -0.15) is 10.2 Å². The van der Waals surface area contributed by atoms with Gasteiger partial charge in [0, 0.05) is 32.7 Å². The maximum atomic E-state index is 13.5. The molecule has 0 bridgehead atoms. The maximum absolute atomic E-state index is 13.5. The van der Waals surface area contributed by atoms with Gasteiger partial charge in [0.05, 0.1) is 26.0 Å². The molecule has 222 valence electrons. The van der Waals surface area contributed by atoms with Crippen molar-refractivity contribution in [2.75, 3.05) is 44.2 Å². The Kier molecular flexibility index (Phi) is 9.61. The molecule has 13 heteroatoms. The monoisotopic (exact) mass is 584 g/mol. The molecular formula is C28H40N6O6Si. The van der Waals surface area contributed by atoms with Crippen LogP contribution in [0.3, 0.4) is 0 Å². The maximum Gasteiger partial charge on any atom is 0.329 e. The average molecular weight is 585 g/mol. The molecule has 0 spiro atoms. The van der Waals surface area contributed by atoms with E-state index in [0.717, 1.165) is 24.0 Å². The third kappa shape index (κ3) is 7.02. The van der Waals surface area contributed by atoms with E-state index in [-0.39, 0.29) is 28.5 Å². The summed E-state index contributed by atoms with van der Waals surface area (Å²) in [5.74, 6) is 0.663. The van der Waals surface area contributed by atoms with Gasteiger partial charge in [0.15, 0.2) is 8.32 Å². The molecule has 1 fully saturated rings. The van der Waals surface area contributed by atoms with E-state index >= 15 is 0 Å². The molecule has 0 aliphatic carbocycles. The Morgan fingerprint density at radius 3 is 2.68 bits per heavy atom. The van der Waals surface area contributed by atoms with Gasteiger partial charge in [0.25, 0.3) is 0 Å². The largest absolute Gasteiger partial charge is 0.471 e. The number of carbonyl (C=O) groups is 1. The van der Waals surface area contributed by atoms with Crippen molar-refractivity contribution in [3.8, 4) is 11.9 Å². The van der Waals surface area contributed by atoms with Crippen molar-refractivity contribution >= 4 is 26.1 Å². The summed E-state index contributed by atoms with van der Waals surface area (Å²) in [6.07, 6.45) is 2.62. The van der Waals surface area contributed by atoms with Crippen LogP contribution < -0.4 is 15.0 Å². The van der Waals surface area contributed by atoms with Crippen LogP contribution in [0.2, 0.25) is 18.1 Å². The first-order valence-corrected chi connectivity index (χ1v) is 16.7. The number of pyridine rings is 1. The number of methoxy groups -OCH3 is 2. The van der Waals surface area contributed by atoms with E-state index in [1.165, 1.54) is 6.20 Å². The van der Waals surface area contributed by atoms with E-state index in [1.807, 2.05) is 12.1 Å². The van der Waals surface area contributed by atoms with Crippen molar-refractivity contribution in [1.82, 2.24) is 15.0 Å². The predicted molar refractivity (Wildman–Crippen MR) is 154 cm³/mol. The topological polar surface area (TPSA) is 141 Å². The standard InChI is InChI=1S/C28H40N6O6Si/c1-28(2,3)41(6,7)39-16-19-13-18-9-8-11-34(23(18)31-22(19)25(36-4)37-5)27(35)33-26-30-15-20(14-29)24(32-26)40-21-10-12-38-17-21/h13,15,21,25H,8-12,16-17H2,1-7H3,(H,30,32,33,35)/t21-/m0/s1. The third-order valence-electron chi connectivity index (χ3n) is 7.82. The summed E-state index contributed by atoms with van der Waals surface area (Å²) in [7, 11) is 1.07. The summed E-state index contributed by atoms with van der Waals surface area (Å²) in [5, 5.41) is 12.3. The van der Waals surface area contributed by atoms with E-state index in [4.69, 9.17) is 28.4 Å². The zero-order valence-corrected chi connectivity index (χ0v) is 25.9. The molecule has 1 atom stereocenters. The zero-order valence-electron chi connectivity index (χ0n) is 24.9. The molecule has 1 saturated heterocycles. The van der Waals surface area contributed by atoms with Gasteiger partial charge in [-0.05, 0) is 42.6 Å². The van der Waals surface area contributed by atoms with Crippen molar-refractivity contribution in [3.63, 3.8) is 0 Å². The van der Waals surface area contributed by atoms with Gasteiger partial charge in [-0.25, -0.2) is 14.8 Å². The molecule has 2 aliphatic heterocycles. The second kappa shape index (κ2) is 12.8. The van der Waals surface area contributed by atoms with Crippen LogP contribution in [0, 0.1) is 11.3 Å². The van der Waals surface area contributed by atoms with Gasteiger partial charge >= 0.3 is 6.03 Å². The number of nitriles is 1. The molecule has 12 nitrogen and oxygen atoms in total. The number of hydrogen-bond donors (Lipinski definition) is 1. The van der Waals surface area contributed by atoms with Crippen LogP contribution in [-0.4, -0.2) is 69.4 Å². The van der Waals surface area contributed by atoms with Crippen LogP contribution in [0.25, 0.3) is 0 Å². The second-order valence-electron chi connectivity index (χ2n) is 11.7. The van der Waals surface area contributed by atoms with Crippen LogP contribution in [0.15, 0.2) is 12.3 Å². The lowest BCUT2D eigenvalue weighted by atomic mass is 10.0. The lowest BCUT2D eigenvalue weighted by Gasteiger charge is -2.36. The number of rotatable bonds is 9. The number of carbonyl (C=O) groups excluding carboxylic acids is 1. The number of nitrogens with zero attached hydrogens (tertiary/aromatic N) is 5. The first-order valence-electron chi connectivity index (χ1n) is 13.8. The summed E-state index contributed by atoms with van der Waals surface area (Å²) < 4.78 is 28.9. The molecule has 41 heavy (non-hydrogen) atoms. The number of nitrogens with one attached hydrogen (secondary N) is 1. The number of urea groups is 1. The average Bonchev–Trinajstić information content (AvgIpc) is 3.45. The normalized spacial score (nSPS) is 17.3. The van der Waals surface area contributed by atoms with Crippen LogP contribution in [0.5, 0.6) is 5.88 Å². The highest BCUT2D eigenvalue weighted by Gasteiger charge is 2.38. The van der Waals surface area contributed by atoms with Gasteiger partial charge < -0.3 is 23.4 Å². The van der Waals surface area contributed by atoms with Gasteiger partial charge in [0.1, 0.15) is 29.2 Å². The van der Waals surface area contributed by atoms with Crippen LogP contribution in [-0.2, 0) is 31.7 Å². The Morgan fingerprint density at radius 1 is 1.29 bits per heavy atom. The number of anilines is 2. The van der Waals surface area contributed by atoms with E-state index in [0.29, 0.717) is 44.3 Å². The highest BCUT2D eigenvalue weighted by atomic mass is 28.4. The predicted octanol–water partition coefficient (Wildman–Crippen LogP) is 4.71. The molecule has 2 aromatic heterocycles. The molecule has 0 unspecified atom stereocenters. The van der Waals surface area contributed by atoms with Crippen molar-refractivity contribution in [2.24, 2.45) is 0 Å². The smallest absolute Gasteiger partial charge is 0.329 e. The Hall–Kier alpha value is -3.15. The molecule has 0 radical (unpaired) electrons. The minimum Gasteiger partial charge on any atom is -0.471 e. The first-order chi connectivity index (χ1) is 19.5. The van der Waals surface area contributed by atoms with Crippen LogP contribution in [0.4, 0.5) is 16.6 Å². The molecule has 4 heterocycles. The Morgan fingerprint density at radius 2 is 2.05 bits per heavy atom. The Labute approximate surface area is 242 Å². The fraction of sp³-hybridized carbons (Fsp3) is 0.607. The molecule has 0 aromatic carbocycles. The molecular weight excluding hydrogens is 544 g/mol.